The van der Waals surface area contributed by atoms with Crippen LogP contribution < -0.4 is 15.4 Å². The van der Waals surface area contributed by atoms with Gasteiger partial charge in [-0.2, -0.15) is 0 Å². The molecule has 0 saturated carbocycles. The SMILES string of the molecule is CCOc1ccc2nc(S[C@@H](C)C(=O)NC(=O)NC(C)C)[nH]c2c1. The van der Waals surface area contributed by atoms with Gasteiger partial charge in [-0.05, 0) is 39.8 Å². The summed E-state index contributed by atoms with van der Waals surface area (Å²) in [5.41, 5.74) is 1.64. The van der Waals surface area contributed by atoms with E-state index >= 15 is 0 Å². The summed E-state index contributed by atoms with van der Waals surface area (Å²) < 4.78 is 5.45. The maximum absolute atomic E-state index is 12.0. The largest absolute Gasteiger partial charge is 0.494 e. The first-order chi connectivity index (χ1) is 11.4. The van der Waals surface area contributed by atoms with E-state index in [0.29, 0.717) is 11.8 Å². The van der Waals surface area contributed by atoms with E-state index in [1.165, 1.54) is 11.8 Å². The second-order valence-electron chi connectivity index (χ2n) is 5.53. The quantitative estimate of drug-likeness (QED) is 0.696. The number of rotatable bonds is 6. The Morgan fingerprint density at radius 3 is 2.75 bits per heavy atom. The zero-order valence-electron chi connectivity index (χ0n) is 14.2. The summed E-state index contributed by atoms with van der Waals surface area (Å²) in [6.07, 6.45) is 0. The summed E-state index contributed by atoms with van der Waals surface area (Å²) in [7, 11) is 0. The second kappa shape index (κ2) is 8.05. The lowest BCUT2D eigenvalue weighted by atomic mass is 10.3. The van der Waals surface area contributed by atoms with Gasteiger partial charge in [-0.1, -0.05) is 11.8 Å². The lowest BCUT2D eigenvalue weighted by molar-refractivity contribution is -0.119. The molecule has 2 rings (SSSR count). The number of imidazole rings is 1. The number of aromatic amines is 1. The number of ether oxygens (including phenoxy) is 1. The van der Waals surface area contributed by atoms with Gasteiger partial charge in [0.2, 0.25) is 5.91 Å². The normalized spacial score (nSPS) is 12.2. The molecule has 0 bridgehead atoms. The van der Waals surface area contributed by atoms with Crippen LogP contribution >= 0.6 is 11.8 Å². The summed E-state index contributed by atoms with van der Waals surface area (Å²) in [5.74, 6) is 0.398. The van der Waals surface area contributed by atoms with Gasteiger partial charge < -0.3 is 15.0 Å². The summed E-state index contributed by atoms with van der Waals surface area (Å²) >= 11 is 1.26. The number of hydrogen-bond donors (Lipinski definition) is 3. The summed E-state index contributed by atoms with van der Waals surface area (Å²) in [6, 6.07) is 5.07. The lowest BCUT2D eigenvalue weighted by Gasteiger charge is -2.12. The molecule has 130 valence electrons. The molecule has 0 aliphatic heterocycles. The number of nitrogens with one attached hydrogen (secondary N) is 3. The highest BCUT2D eigenvalue weighted by Crippen LogP contribution is 2.25. The van der Waals surface area contributed by atoms with E-state index < -0.39 is 11.3 Å². The fourth-order valence-electron chi connectivity index (χ4n) is 2.01. The van der Waals surface area contributed by atoms with Crippen molar-refractivity contribution in [2.45, 2.75) is 44.1 Å². The van der Waals surface area contributed by atoms with E-state index in [1.54, 1.807) is 6.92 Å². The number of H-pyrrole nitrogens is 1. The zero-order chi connectivity index (χ0) is 17.7. The minimum Gasteiger partial charge on any atom is -0.494 e. The molecule has 3 amide bonds. The fraction of sp³-hybridized carbons (Fsp3) is 0.438. The van der Waals surface area contributed by atoms with Crippen LogP contribution in [0.4, 0.5) is 4.79 Å². The van der Waals surface area contributed by atoms with Crippen LogP contribution in [0.5, 0.6) is 5.75 Å². The average Bonchev–Trinajstić information content (AvgIpc) is 2.87. The number of urea groups is 1. The highest BCUT2D eigenvalue weighted by atomic mass is 32.2. The Morgan fingerprint density at radius 2 is 2.08 bits per heavy atom. The third-order valence-corrected chi connectivity index (χ3v) is 4.04. The van der Waals surface area contributed by atoms with Gasteiger partial charge in [0.15, 0.2) is 5.16 Å². The van der Waals surface area contributed by atoms with Crippen LogP contribution in [0.15, 0.2) is 23.4 Å². The van der Waals surface area contributed by atoms with Crippen molar-refractivity contribution in [2.75, 3.05) is 6.61 Å². The number of amides is 3. The molecule has 1 aromatic heterocycles. The standard InChI is InChI=1S/C16H22N4O3S/c1-5-23-11-6-7-12-13(8-11)19-16(18-12)24-10(4)14(21)20-15(22)17-9(2)3/h6-10H,5H2,1-4H3,(H,18,19)(H2,17,20,21,22)/t10-/m0/s1. The molecule has 7 nitrogen and oxygen atoms in total. The van der Waals surface area contributed by atoms with Crippen LogP contribution in [0.2, 0.25) is 0 Å². The minimum absolute atomic E-state index is 0.0318. The molecule has 1 aromatic carbocycles. The second-order valence-corrected chi connectivity index (χ2v) is 6.86. The molecule has 3 N–H and O–H groups in total. The van der Waals surface area contributed by atoms with Gasteiger partial charge in [-0.15, -0.1) is 0 Å². The number of benzene rings is 1. The first kappa shape index (κ1) is 18.1. The Balaban J connectivity index is 2.00. The lowest BCUT2D eigenvalue weighted by Crippen LogP contribution is -2.45. The maximum atomic E-state index is 12.0. The average molecular weight is 350 g/mol. The summed E-state index contributed by atoms with van der Waals surface area (Å²) in [6.45, 7) is 7.90. The van der Waals surface area contributed by atoms with Gasteiger partial charge in [-0.3, -0.25) is 10.1 Å². The van der Waals surface area contributed by atoms with Crippen molar-refractivity contribution in [1.29, 1.82) is 0 Å². The van der Waals surface area contributed by atoms with Crippen molar-refractivity contribution in [3.05, 3.63) is 18.2 Å². The van der Waals surface area contributed by atoms with E-state index in [2.05, 4.69) is 20.6 Å². The molecule has 0 spiro atoms. The highest BCUT2D eigenvalue weighted by molar-refractivity contribution is 8.00. The smallest absolute Gasteiger partial charge is 0.321 e. The number of carbonyl (C=O) groups excluding carboxylic acids is 2. The van der Waals surface area contributed by atoms with Crippen molar-refractivity contribution in [2.24, 2.45) is 0 Å². The summed E-state index contributed by atoms with van der Waals surface area (Å²) in [4.78, 5) is 31.2. The van der Waals surface area contributed by atoms with Crippen LogP contribution in [0.1, 0.15) is 27.7 Å². The molecular weight excluding hydrogens is 328 g/mol. The van der Waals surface area contributed by atoms with Crippen molar-refractivity contribution in [1.82, 2.24) is 20.6 Å². The third kappa shape index (κ3) is 4.89. The van der Waals surface area contributed by atoms with Crippen LogP contribution in [0.3, 0.4) is 0 Å². The number of hydrogen-bond acceptors (Lipinski definition) is 5. The first-order valence-corrected chi connectivity index (χ1v) is 8.67. The van der Waals surface area contributed by atoms with Crippen LogP contribution in [-0.4, -0.2) is 39.8 Å². The van der Waals surface area contributed by atoms with E-state index in [4.69, 9.17) is 4.74 Å². The Hall–Kier alpha value is -2.22. The fourth-order valence-corrected chi connectivity index (χ4v) is 2.83. The van der Waals surface area contributed by atoms with Gasteiger partial charge in [-0.25, -0.2) is 9.78 Å². The topological polar surface area (TPSA) is 96.1 Å². The first-order valence-electron chi connectivity index (χ1n) is 7.79. The van der Waals surface area contributed by atoms with E-state index in [-0.39, 0.29) is 11.9 Å². The van der Waals surface area contributed by atoms with Crippen LogP contribution in [0.25, 0.3) is 11.0 Å². The molecule has 24 heavy (non-hydrogen) atoms. The Labute approximate surface area is 144 Å². The number of imide groups is 1. The molecule has 2 aromatic rings. The molecule has 1 heterocycles. The third-order valence-electron chi connectivity index (χ3n) is 3.06. The van der Waals surface area contributed by atoms with Gasteiger partial charge in [0.1, 0.15) is 5.75 Å². The molecule has 0 aliphatic rings. The van der Waals surface area contributed by atoms with E-state index in [9.17, 15) is 9.59 Å². The number of aromatic nitrogens is 2. The van der Waals surface area contributed by atoms with Crippen molar-refractivity contribution < 1.29 is 14.3 Å². The molecule has 0 unspecified atom stereocenters. The molecule has 1 atom stereocenters. The zero-order valence-corrected chi connectivity index (χ0v) is 15.0. The molecule has 0 saturated heterocycles. The van der Waals surface area contributed by atoms with E-state index in [0.717, 1.165) is 16.8 Å². The molecule has 8 heteroatoms. The van der Waals surface area contributed by atoms with Gasteiger partial charge in [0, 0.05) is 12.1 Å². The predicted octanol–water partition coefficient (Wildman–Crippen LogP) is 2.68. The Kier molecular flexibility index (Phi) is 6.08. The molecular formula is C16H22N4O3S. The Bertz CT molecular complexity index is 729. The van der Waals surface area contributed by atoms with Gasteiger partial charge in [0.05, 0.1) is 22.9 Å². The maximum Gasteiger partial charge on any atom is 0.321 e. The number of thioether (sulfide) groups is 1. The summed E-state index contributed by atoms with van der Waals surface area (Å²) in [5, 5.41) is 5.09. The van der Waals surface area contributed by atoms with Crippen molar-refractivity contribution in [3.8, 4) is 5.75 Å². The minimum atomic E-state index is -0.492. The van der Waals surface area contributed by atoms with Gasteiger partial charge in [0.25, 0.3) is 0 Å². The van der Waals surface area contributed by atoms with Crippen molar-refractivity contribution in [3.63, 3.8) is 0 Å². The molecule has 0 fully saturated rings. The van der Waals surface area contributed by atoms with Crippen LogP contribution in [-0.2, 0) is 4.79 Å². The van der Waals surface area contributed by atoms with E-state index in [1.807, 2.05) is 39.0 Å². The number of fused-ring (bicyclic) bond motifs is 1. The monoisotopic (exact) mass is 350 g/mol. The molecule has 0 aliphatic carbocycles. The van der Waals surface area contributed by atoms with Gasteiger partial charge >= 0.3 is 6.03 Å². The van der Waals surface area contributed by atoms with Crippen LogP contribution in [0, 0.1) is 0 Å². The number of nitrogens with zero attached hydrogens (tertiary/aromatic N) is 1. The Morgan fingerprint density at radius 1 is 1.33 bits per heavy atom. The number of carbonyl (C=O) groups is 2. The predicted molar refractivity (Wildman–Crippen MR) is 94.4 cm³/mol. The van der Waals surface area contributed by atoms with Crippen molar-refractivity contribution >= 4 is 34.7 Å². The highest BCUT2D eigenvalue weighted by Gasteiger charge is 2.19. The molecule has 0 radical (unpaired) electrons.